The molecule has 1 atom stereocenters. The van der Waals surface area contributed by atoms with Crippen LogP contribution in [0.15, 0.2) is 34.9 Å². The Balaban J connectivity index is 1.48. The predicted molar refractivity (Wildman–Crippen MR) is 111 cm³/mol. The number of fused-ring (bicyclic) bond motifs is 1. The van der Waals surface area contributed by atoms with Crippen LogP contribution in [0.4, 0.5) is 0 Å². The van der Waals surface area contributed by atoms with Gasteiger partial charge in [0.05, 0.1) is 5.69 Å². The highest BCUT2D eigenvalue weighted by Gasteiger charge is 2.38. The lowest BCUT2D eigenvalue weighted by molar-refractivity contribution is -0.123. The normalized spacial score (nSPS) is 23.0. The Hall–Kier alpha value is -2.83. The number of ether oxygens (including phenoxy) is 1. The molecule has 1 saturated heterocycles. The van der Waals surface area contributed by atoms with Crippen molar-refractivity contribution in [2.75, 3.05) is 26.2 Å². The molecule has 2 amide bonds. The number of benzene rings is 1. The van der Waals surface area contributed by atoms with Crippen molar-refractivity contribution in [3.05, 3.63) is 47.3 Å². The highest BCUT2D eigenvalue weighted by molar-refractivity contribution is 5.91. The zero-order valence-electron chi connectivity index (χ0n) is 17.5. The molecule has 1 unspecified atom stereocenters. The van der Waals surface area contributed by atoms with E-state index < -0.39 is 0 Å². The monoisotopic (exact) mass is 411 g/mol. The van der Waals surface area contributed by atoms with Gasteiger partial charge in [0, 0.05) is 31.1 Å². The summed E-state index contributed by atoms with van der Waals surface area (Å²) in [6.07, 6.45) is 5.88. The first-order valence-corrected chi connectivity index (χ1v) is 10.7. The van der Waals surface area contributed by atoms with Crippen molar-refractivity contribution < 1.29 is 18.8 Å². The molecule has 7 nitrogen and oxygen atoms in total. The fraction of sp³-hybridized carbons (Fsp3) is 0.522. The minimum Gasteiger partial charge on any atom is -0.483 e. The van der Waals surface area contributed by atoms with Crippen LogP contribution in [0.1, 0.15) is 53.9 Å². The summed E-state index contributed by atoms with van der Waals surface area (Å²) in [4.78, 5) is 27.2. The molecule has 0 radical (unpaired) electrons. The van der Waals surface area contributed by atoms with E-state index in [1.54, 1.807) is 13.0 Å². The van der Waals surface area contributed by atoms with Crippen molar-refractivity contribution in [3.63, 3.8) is 0 Å². The number of hydrogen-bond donors (Lipinski definition) is 1. The SMILES string of the molecule is Cc1cc(C(=O)N2CCCC3(CCCCc4ccccc4OCC(=O)NC3)C2)on1. The van der Waals surface area contributed by atoms with E-state index in [4.69, 9.17) is 9.26 Å². The molecule has 0 saturated carbocycles. The summed E-state index contributed by atoms with van der Waals surface area (Å²) in [6.45, 7) is 3.68. The second kappa shape index (κ2) is 8.90. The number of nitrogens with one attached hydrogen (secondary N) is 1. The van der Waals surface area contributed by atoms with Crippen LogP contribution in [0.5, 0.6) is 5.75 Å². The standard InChI is InChI=1S/C23H29N3O4/c1-17-13-20(30-25-17)22(28)26-12-6-11-23(16-26)10-5-4-8-18-7-2-3-9-19(18)29-14-21(27)24-15-23/h2-3,7,9,13H,4-6,8,10-12,14-16H2,1H3,(H,24,27). The van der Waals surface area contributed by atoms with Crippen LogP contribution in [0.3, 0.4) is 0 Å². The lowest BCUT2D eigenvalue weighted by atomic mass is 9.75. The fourth-order valence-corrected chi connectivity index (χ4v) is 4.59. The number of piperidine rings is 1. The van der Waals surface area contributed by atoms with E-state index in [1.165, 1.54) is 0 Å². The Labute approximate surface area is 176 Å². The number of likely N-dealkylation sites (tertiary alicyclic amines) is 1. The van der Waals surface area contributed by atoms with Crippen molar-refractivity contribution in [1.29, 1.82) is 0 Å². The zero-order valence-corrected chi connectivity index (χ0v) is 17.5. The Morgan fingerprint density at radius 2 is 2.03 bits per heavy atom. The second-order valence-corrected chi connectivity index (χ2v) is 8.54. The summed E-state index contributed by atoms with van der Waals surface area (Å²) in [5.41, 5.74) is 1.71. The van der Waals surface area contributed by atoms with Gasteiger partial charge in [-0.15, -0.1) is 0 Å². The molecule has 4 rings (SSSR count). The van der Waals surface area contributed by atoms with Gasteiger partial charge in [0.15, 0.2) is 6.61 Å². The molecule has 1 aromatic heterocycles. The van der Waals surface area contributed by atoms with Gasteiger partial charge in [-0.3, -0.25) is 9.59 Å². The summed E-state index contributed by atoms with van der Waals surface area (Å²) >= 11 is 0. The van der Waals surface area contributed by atoms with Crippen LogP contribution in [-0.2, 0) is 11.2 Å². The fourth-order valence-electron chi connectivity index (χ4n) is 4.59. The van der Waals surface area contributed by atoms with E-state index in [0.717, 1.165) is 49.8 Å². The van der Waals surface area contributed by atoms with Gasteiger partial charge in [-0.05, 0) is 50.7 Å². The van der Waals surface area contributed by atoms with Gasteiger partial charge in [0.1, 0.15) is 5.75 Å². The summed E-state index contributed by atoms with van der Waals surface area (Å²) in [5, 5.41) is 6.90. The number of hydrogen-bond acceptors (Lipinski definition) is 5. The number of carbonyl (C=O) groups excluding carboxylic acids is 2. The Morgan fingerprint density at radius 3 is 2.87 bits per heavy atom. The summed E-state index contributed by atoms with van der Waals surface area (Å²) in [5.74, 6) is 0.829. The Morgan fingerprint density at radius 1 is 1.20 bits per heavy atom. The maximum absolute atomic E-state index is 12.9. The predicted octanol–water partition coefficient (Wildman–Crippen LogP) is 3.13. The first kappa shape index (κ1) is 20.4. The van der Waals surface area contributed by atoms with Crippen molar-refractivity contribution >= 4 is 11.8 Å². The first-order chi connectivity index (χ1) is 14.5. The summed E-state index contributed by atoms with van der Waals surface area (Å²) < 4.78 is 11.0. The molecule has 2 aliphatic rings. The third-order valence-electron chi connectivity index (χ3n) is 6.18. The summed E-state index contributed by atoms with van der Waals surface area (Å²) in [6, 6.07) is 9.61. The number of amides is 2. The van der Waals surface area contributed by atoms with Crippen LogP contribution < -0.4 is 10.1 Å². The van der Waals surface area contributed by atoms with Gasteiger partial charge in [-0.2, -0.15) is 0 Å². The molecule has 7 heteroatoms. The average molecular weight is 412 g/mol. The van der Waals surface area contributed by atoms with Gasteiger partial charge in [-0.25, -0.2) is 0 Å². The number of rotatable bonds is 1. The number of aryl methyl sites for hydroxylation is 2. The van der Waals surface area contributed by atoms with Crippen LogP contribution >= 0.6 is 0 Å². The molecule has 2 aromatic rings. The van der Waals surface area contributed by atoms with Crippen LogP contribution in [0.2, 0.25) is 0 Å². The minimum atomic E-state index is -0.128. The quantitative estimate of drug-likeness (QED) is 0.779. The molecule has 3 heterocycles. The summed E-state index contributed by atoms with van der Waals surface area (Å²) in [7, 11) is 0. The van der Waals surface area contributed by atoms with Crippen LogP contribution in [0, 0.1) is 12.3 Å². The number of carbonyl (C=O) groups is 2. The van der Waals surface area contributed by atoms with Gasteiger partial charge >= 0.3 is 0 Å². The van der Waals surface area contributed by atoms with Crippen molar-refractivity contribution in [2.45, 2.75) is 45.4 Å². The molecule has 2 aliphatic heterocycles. The Bertz CT molecular complexity index is 909. The molecular formula is C23H29N3O4. The maximum Gasteiger partial charge on any atom is 0.292 e. The third kappa shape index (κ3) is 4.66. The zero-order chi connectivity index (χ0) is 21.0. The molecule has 1 N–H and O–H groups in total. The van der Waals surface area contributed by atoms with E-state index in [2.05, 4.69) is 16.5 Å². The van der Waals surface area contributed by atoms with Gasteiger partial charge < -0.3 is 19.5 Å². The largest absolute Gasteiger partial charge is 0.483 e. The first-order valence-electron chi connectivity index (χ1n) is 10.7. The van der Waals surface area contributed by atoms with Crippen LogP contribution in [0.25, 0.3) is 0 Å². The number of aromatic nitrogens is 1. The highest BCUT2D eigenvalue weighted by Crippen LogP contribution is 2.36. The van der Waals surface area contributed by atoms with Crippen molar-refractivity contribution in [1.82, 2.24) is 15.4 Å². The Kier molecular flexibility index (Phi) is 6.06. The average Bonchev–Trinajstić information content (AvgIpc) is 3.20. The molecule has 0 aliphatic carbocycles. The molecule has 30 heavy (non-hydrogen) atoms. The van der Waals surface area contributed by atoms with Gasteiger partial charge in [0.25, 0.3) is 11.8 Å². The van der Waals surface area contributed by atoms with Crippen molar-refractivity contribution in [2.24, 2.45) is 5.41 Å². The second-order valence-electron chi connectivity index (χ2n) is 8.54. The van der Waals surface area contributed by atoms with E-state index in [-0.39, 0.29) is 29.6 Å². The van der Waals surface area contributed by atoms with Crippen molar-refractivity contribution in [3.8, 4) is 5.75 Å². The highest BCUT2D eigenvalue weighted by atomic mass is 16.5. The molecular weight excluding hydrogens is 382 g/mol. The van der Waals surface area contributed by atoms with E-state index in [0.29, 0.717) is 25.3 Å². The minimum absolute atomic E-state index is 0.00702. The molecule has 0 bridgehead atoms. The topological polar surface area (TPSA) is 84.7 Å². The van der Waals surface area contributed by atoms with Gasteiger partial charge in [0.2, 0.25) is 5.76 Å². The molecule has 1 aromatic carbocycles. The lowest BCUT2D eigenvalue weighted by Crippen LogP contribution is -2.51. The van der Waals surface area contributed by atoms with Crippen LogP contribution in [-0.4, -0.2) is 48.1 Å². The number of para-hydroxylation sites is 1. The van der Waals surface area contributed by atoms with E-state index >= 15 is 0 Å². The maximum atomic E-state index is 12.9. The molecule has 1 fully saturated rings. The van der Waals surface area contributed by atoms with E-state index in [1.807, 2.05) is 23.1 Å². The lowest BCUT2D eigenvalue weighted by Gasteiger charge is -2.43. The third-order valence-corrected chi connectivity index (χ3v) is 6.18. The number of nitrogens with zero attached hydrogens (tertiary/aromatic N) is 2. The van der Waals surface area contributed by atoms with Gasteiger partial charge in [-0.1, -0.05) is 29.8 Å². The van der Waals surface area contributed by atoms with E-state index in [9.17, 15) is 9.59 Å². The smallest absolute Gasteiger partial charge is 0.292 e. The molecule has 1 spiro atoms. The molecule has 160 valence electrons.